The average Bonchev–Trinajstić information content (AvgIpc) is 2.95. The maximum absolute atomic E-state index is 14.5. The molecule has 2 fully saturated rings. The van der Waals surface area contributed by atoms with Gasteiger partial charge in [-0.05, 0) is 25.3 Å². The molecule has 6 heteroatoms. The summed E-state index contributed by atoms with van der Waals surface area (Å²) in [5.74, 6) is 0.600. The zero-order chi connectivity index (χ0) is 17.2. The largest absolute Gasteiger partial charge is 0.351 e. The number of rotatable bonds is 2. The Balaban J connectivity index is 1.76. The van der Waals surface area contributed by atoms with Crippen molar-refractivity contribution >= 4 is 11.7 Å². The van der Waals surface area contributed by atoms with Gasteiger partial charge < -0.3 is 10.2 Å². The number of benzene rings is 1. The molecule has 0 unspecified atom stereocenters. The van der Waals surface area contributed by atoms with Crippen molar-refractivity contribution in [3.8, 4) is 0 Å². The number of hydrogen-bond acceptors (Lipinski definition) is 4. The predicted molar refractivity (Wildman–Crippen MR) is 92.5 cm³/mol. The lowest BCUT2D eigenvalue weighted by atomic mass is 9.97. The number of fused-ring (bicyclic) bond motifs is 1. The first-order chi connectivity index (χ1) is 12.2. The summed E-state index contributed by atoms with van der Waals surface area (Å²) in [6.45, 7) is 0. The molecule has 5 nitrogen and oxygen atoms in total. The minimum Gasteiger partial charge on any atom is -0.351 e. The summed E-state index contributed by atoms with van der Waals surface area (Å²) in [6.07, 6.45) is 9.07. The second-order valence-electron chi connectivity index (χ2n) is 6.73. The van der Waals surface area contributed by atoms with Crippen LogP contribution in [0.2, 0.25) is 0 Å². The van der Waals surface area contributed by atoms with E-state index >= 15 is 0 Å². The smallest absolute Gasteiger partial charge is 0.220 e. The van der Waals surface area contributed by atoms with E-state index in [1.54, 1.807) is 24.7 Å². The van der Waals surface area contributed by atoms with Crippen molar-refractivity contribution in [1.29, 1.82) is 0 Å². The van der Waals surface area contributed by atoms with Crippen molar-refractivity contribution in [2.75, 3.05) is 4.90 Å². The van der Waals surface area contributed by atoms with Crippen LogP contribution in [0.15, 0.2) is 42.9 Å². The van der Waals surface area contributed by atoms with Gasteiger partial charge in [0.1, 0.15) is 11.6 Å². The van der Waals surface area contributed by atoms with Gasteiger partial charge in [0.25, 0.3) is 0 Å². The van der Waals surface area contributed by atoms with Crippen LogP contribution in [0.1, 0.15) is 43.7 Å². The van der Waals surface area contributed by atoms with Crippen LogP contribution >= 0.6 is 0 Å². The van der Waals surface area contributed by atoms with Gasteiger partial charge in [-0.2, -0.15) is 0 Å². The van der Waals surface area contributed by atoms with E-state index in [9.17, 15) is 9.18 Å². The zero-order valence-electron chi connectivity index (χ0n) is 13.9. The predicted octanol–water partition coefficient (Wildman–Crippen LogP) is 2.99. The Kier molecular flexibility index (Phi) is 4.34. The van der Waals surface area contributed by atoms with Crippen LogP contribution in [0.4, 0.5) is 10.2 Å². The molecular weight excluding hydrogens is 319 g/mol. The Morgan fingerprint density at radius 1 is 1.20 bits per heavy atom. The Bertz CT molecular complexity index is 754. The summed E-state index contributed by atoms with van der Waals surface area (Å²) in [6, 6.07) is 6.81. The molecule has 0 saturated carbocycles. The lowest BCUT2D eigenvalue weighted by Gasteiger charge is -2.33. The van der Waals surface area contributed by atoms with Crippen LogP contribution in [0.5, 0.6) is 0 Å². The maximum atomic E-state index is 14.5. The fourth-order valence-corrected chi connectivity index (χ4v) is 4.13. The van der Waals surface area contributed by atoms with Gasteiger partial charge >= 0.3 is 0 Å². The molecule has 2 aliphatic heterocycles. The normalized spacial score (nSPS) is 26.5. The molecule has 2 aromatic rings. The summed E-state index contributed by atoms with van der Waals surface area (Å²) in [7, 11) is 0. The van der Waals surface area contributed by atoms with Crippen LogP contribution in [0, 0.1) is 5.82 Å². The highest BCUT2D eigenvalue weighted by atomic mass is 19.1. The molecule has 0 spiro atoms. The fourth-order valence-electron chi connectivity index (χ4n) is 4.13. The Hall–Kier alpha value is -2.50. The van der Waals surface area contributed by atoms with Crippen molar-refractivity contribution < 1.29 is 9.18 Å². The number of halogens is 1. The molecule has 25 heavy (non-hydrogen) atoms. The lowest BCUT2D eigenvalue weighted by Crippen LogP contribution is -2.46. The van der Waals surface area contributed by atoms with E-state index in [-0.39, 0.29) is 29.8 Å². The molecule has 2 saturated heterocycles. The number of nitrogens with zero attached hydrogens (tertiary/aromatic N) is 3. The van der Waals surface area contributed by atoms with Crippen molar-refractivity contribution in [1.82, 2.24) is 15.3 Å². The second kappa shape index (κ2) is 6.78. The van der Waals surface area contributed by atoms with Crippen molar-refractivity contribution in [3.05, 3.63) is 54.2 Å². The Labute approximate surface area is 146 Å². The standard InChI is InChI=1S/C19H21FN4O/c20-14-6-2-1-5-13(14)17-11-15-16(7-3-4-8-19(25)23-15)24(17)18-12-21-9-10-22-18/h1-2,5-6,9-10,12,15-17H,3-4,7-8,11H2,(H,23,25)/t15-,16+,17+/m1/s1. The van der Waals surface area contributed by atoms with E-state index in [1.165, 1.54) is 6.07 Å². The highest BCUT2D eigenvalue weighted by Gasteiger charge is 2.44. The molecule has 1 N–H and O–H groups in total. The van der Waals surface area contributed by atoms with Crippen LogP contribution in [-0.2, 0) is 4.79 Å². The van der Waals surface area contributed by atoms with Gasteiger partial charge in [0, 0.05) is 24.4 Å². The zero-order valence-corrected chi connectivity index (χ0v) is 13.9. The number of carbonyl (C=O) groups is 1. The molecule has 4 rings (SSSR count). The molecular formula is C19H21FN4O. The van der Waals surface area contributed by atoms with E-state index < -0.39 is 0 Å². The highest BCUT2D eigenvalue weighted by Crippen LogP contribution is 2.42. The number of aromatic nitrogens is 2. The van der Waals surface area contributed by atoms with Gasteiger partial charge in [0.2, 0.25) is 5.91 Å². The third-order valence-electron chi connectivity index (χ3n) is 5.21. The minimum atomic E-state index is -0.220. The number of anilines is 1. The van der Waals surface area contributed by atoms with Crippen LogP contribution in [-0.4, -0.2) is 28.0 Å². The first-order valence-electron chi connectivity index (χ1n) is 8.82. The maximum Gasteiger partial charge on any atom is 0.220 e. The number of hydrogen-bond donors (Lipinski definition) is 1. The minimum absolute atomic E-state index is 0.000544. The van der Waals surface area contributed by atoms with Gasteiger partial charge in [0.15, 0.2) is 0 Å². The van der Waals surface area contributed by atoms with Gasteiger partial charge in [-0.3, -0.25) is 9.78 Å². The first kappa shape index (κ1) is 16.0. The van der Waals surface area contributed by atoms with Crippen molar-refractivity contribution in [3.63, 3.8) is 0 Å². The van der Waals surface area contributed by atoms with Crippen molar-refractivity contribution in [2.45, 2.75) is 50.2 Å². The van der Waals surface area contributed by atoms with Gasteiger partial charge in [-0.15, -0.1) is 0 Å². The molecule has 1 aromatic heterocycles. The molecule has 3 atom stereocenters. The van der Waals surface area contributed by atoms with E-state index in [4.69, 9.17) is 0 Å². The van der Waals surface area contributed by atoms with Crippen LogP contribution < -0.4 is 10.2 Å². The average molecular weight is 340 g/mol. The molecule has 1 aromatic carbocycles. The third-order valence-corrected chi connectivity index (χ3v) is 5.21. The van der Waals surface area contributed by atoms with Gasteiger partial charge in [-0.1, -0.05) is 24.6 Å². The number of carbonyl (C=O) groups excluding carboxylic acids is 1. The molecule has 1 amide bonds. The van der Waals surface area contributed by atoms with E-state index in [0.717, 1.165) is 25.1 Å². The van der Waals surface area contributed by atoms with Crippen LogP contribution in [0.25, 0.3) is 0 Å². The lowest BCUT2D eigenvalue weighted by molar-refractivity contribution is -0.122. The first-order valence-corrected chi connectivity index (χ1v) is 8.82. The summed E-state index contributed by atoms with van der Waals surface area (Å²) in [4.78, 5) is 22.9. The van der Waals surface area contributed by atoms with Crippen molar-refractivity contribution in [2.24, 2.45) is 0 Å². The SMILES string of the molecule is O=C1CCCC[C@H]2[C@@H](C[C@@H](c3ccccc3F)N2c2cnccn2)N1. The van der Waals surface area contributed by atoms with E-state index in [2.05, 4.69) is 20.2 Å². The van der Waals surface area contributed by atoms with E-state index in [1.807, 2.05) is 12.1 Å². The quantitative estimate of drug-likeness (QED) is 0.913. The molecule has 3 heterocycles. The topological polar surface area (TPSA) is 58.1 Å². The summed E-state index contributed by atoms with van der Waals surface area (Å²) >= 11 is 0. The molecule has 2 aliphatic rings. The number of amides is 1. The molecule has 0 aliphatic carbocycles. The van der Waals surface area contributed by atoms with Gasteiger partial charge in [0.05, 0.1) is 24.3 Å². The van der Waals surface area contributed by atoms with Crippen LogP contribution in [0.3, 0.4) is 0 Å². The molecule has 130 valence electrons. The third kappa shape index (κ3) is 3.08. The second-order valence-corrected chi connectivity index (χ2v) is 6.73. The summed E-state index contributed by atoms with van der Waals surface area (Å²) in [5.41, 5.74) is 0.647. The number of nitrogens with one attached hydrogen (secondary N) is 1. The van der Waals surface area contributed by atoms with E-state index in [0.29, 0.717) is 18.4 Å². The molecule has 0 radical (unpaired) electrons. The Morgan fingerprint density at radius 2 is 2.08 bits per heavy atom. The highest BCUT2D eigenvalue weighted by molar-refractivity contribution is 5.76. The molecule has 0 bridgehead atoms. The van der Waals surface area contributed by atoms with Gasteiger partial charge in [-0.25, -0.2) is 9.37 Å². The summed E-state index contributed by atoms with van der Waals surface area (Å²) in [5, 5.41) is 3.15. The summed E-state index contributed by atoms with van der Waals surface area (Å²) < 4.78 is 14.5. The monoisotopic (exact) mass is 340 g/mol. The Morgan fingerprint density at radius 3 is 2.88 bits per heavy atom. The fraction of sp³-hybridized carbons (Fsp3) is 0.421.